The van der Waals surface area contributed by atoms with Gasteiger partial charge in [-0.15, -0.1) is 0 Å². The molecular formula is C12H25N3O2. The van der Waals surface area contributed by atoms with Gasteiger partial charge in [0, 0.05) is 32.1 Å². The van der Waals surface area contributed by atoms with Crippen LogP contribution in [-0.2, 0) is 4.79 Å². The number of rotatable bonds is 7. The fourth-order valence-corrected chi connectivity index (χ4v) is 1.35. The number of nitrogens with zero attached hydrogens (tertiary/aromatic N) is 1. The van der Waals surface area contributed by atoms with Crippen molar-refractivity contribution in [3.63, 3.8) is 0 Å². The molecule has 1 unspecified atom stereocenters. The van der Waals surface area contributed by atoms with E-state index in [9.17, 15) is 9.59 Å². The first-order chi connectivity index (χ1) is 8.04. The Balaban J connectivity index is 3.76. The average Bonchev–Trinajstić information content (AvgIpc) is 2.30. The lowest BCUT2D eigenvalue weighted by Crippen LogP contribution is -2.41. The molecule has 1 atom stereocenters. The second-order valence-electron chi connectivity index (χ2n) is 4.03. The van der Waals surface area contributed by atoms with E-state index in [0.717, 1.165) is 6.42 Å². The van der Waals surface area contributed by atoms with Crippen LogP contribution in [0.3, 0.4) is 0 Å². The second-order valence-corrected chi connectivity index (χ2v) is 4.03. The fraction of sp³-hybridized carbons (Fsp3) is 0.833. The predicted octanol–water partition coefficient (Wildman–Crippen LogP) is 1.34. The van der Waals surface area contributed by atoms with Crippen molar-refractivity contribution in [1.82, 2.24) is 15.5 Å². The Kier molecular flexibility index (Phi) is 8.19. The van der Waals surface area contributed by atoms with Crippen LogP contribution >= 0.6 is 0 Å². The first-order valence-corrected chi connectivity index (χ1v) is 6.37. The molecule has 0 aromatic rings. The normalized spacial score (nSPS) is 11.8. The van der Waals surface area contributed by atoms with Gasteiger partial charge in [0.15, 0.2) is 0 Å². The molecule has 0 saturated carbocycles. The van der Waals surface area contributed by atoms with Crippen molar-refractivity contribution < 1.29 is 9.59 Å². The standard InChI is InChI=1S/C12H25N3O2/c1-5-10(4)14-11(16)8-9-13-12(17)15(6-2)7-3/h10H,5-9H2,1-4H3,(H,13,17)(H,14,16). The van der Waals surface area contributed by atoms with Crippen LogP contribution in [0.5, 0.6) is 0 Å². The third-order valence-corrected chi connectivity index (χ3v) is 2.70. The minimum absolute atomic E-state index is 0.0146. The van der Waals surface area contributed by atoms with Crippen LogP contribution < -0.4 is 10.6 Å². The largest absolute Gasteiger partial charge is 0.354 e. The molecule has 5 heteroatoms. The first-order valence-electron chi connectivity index (χ1n) is 6.37. The summed E-state index contributed by atoms with van der Waals surface area (Å²) in [7, 11) is 0. The van der Waals surface area contributed by atoms with Gasteiger partial charge in [0.05, 0.1) is 0 Å². The smallest absolute Gasteiger partial charge is 0.317 e. The molecule has 0 saturated heterocycles. The maximum Gasteiger partial charge on any atom is 0.317 e. The van der Waals surface area contributed by atoms with Gasteiger partial charge in [0.25, 0.3) is 0 Å². The maximum atomic E-state index is 11.5. The lowest BCUT2D eigenvalue weighted by Gasteiger charge is -2.19. The van der Waals surface area contributed by atoms with Crippen molar-refractivity contribution in [2.75, 3.05) is 19.6 Å². The topological polar surface area (TPSA) is 61.4 Å². The zero-order valence-electron chi connectivity index (χ0n) is 11.4. The number of amides is 3. The lowest BCUT2D eigenvalue weighted by molar-refractivity contribution is -0.121. The van der Waals surface area contributed by atoms with E-state index in [2.05, 4.69) is 10.6 Å². The second kappa shape index (κ2) is 8.84. The summed E-state index contributed by atoms with van der Waals surface area (Å²) in [6.45, 7) is 9.59. The number of carbonyl (C=O) groups is 2. The van der Waals surface area contributed by atoms with E-state index in [0.29, 0.717) is 26.1 Å². The SMILES string of the molecule is CCC(C)NC(=O)CCNC(=O)N(CC)CC. The van der Waals surface area contributed by atoms with Gasteiger partial charge >= 0.3 is 6.03 Å². The Bertz CT molecular complexity index is 240. The van der Waals surface area contributed by atoms with E-state index >= 15 is 0 Å². The number of hydrogen-bond donors (Lipinski definition) is 2. The Morgan fingerprint density at radius 3 is 2.24 bits per heavy atom. The summed E-state index contributed by atoms with van der Waals surface area (Å²) < 4.78 is 0. The molecule has 100 valence electrons. The third-order valence-electron chi connectivity index (χ3n) is 2.70. The molecule has 0 rings (SSSR count). The molecular weight excluding hydrogens is 218 g/mol. The maximum absolute atomic E-state index is 11.5. The van der Waals surface area contributed by atoms with E-state index in [1.807, 2.05) is 27.7 Å². The van der Waals surface area contributed by atoms with Crippen molar-refractivity contribution in [1.29, 1.82) is 0 Å². The fourth-order valence-electron chi connectivity index (χ4n) is 1.35. The minimum Gasteiger partial charge on any atom is -0.354 e. The lowest BCUT2D eigenvalue weighted by atomic mass is 10.2. The van der Waals surface area contributed by atoms with Crippen molar-refractivity contribution in [2.45, 2.75) is 46.6 Å². The van der Waals surface area contributed by atoms with Gasteiger partial charge in [-0.1, -0.05) is 6.92 Å². The van der Waals surface area contributed by atoms with Gasteiger partial charge in [-0.3, -0.25) is 4.79 Å². The van der Waals surface area contributed by atoms with Gasteiger partial charge in [0.1, 0.15) is 0 Å². The molecule has 2 N–H and O–H groups in total. The molecule has 0 radical (unpaired) electrons. The van der Waals surface area contributed by atoms with E-state index in [1.165, 1.54) is 0 Å². The monoisotopic (exact) mass is 243 g/mol. The zero-order valence-corrected chi connectivity index (χ0v) is 11.4. The molecule has 0 fully saturated rings. The summed E-state index contributed by atoms with van der Waals surface area (Å²) in [5.74, 6) is -0.0146. The van der Waals surface area contributed by atoms with Gasteiger partial charge in [-0.2, -0.15) is 0 Å². The van der Waals surface area contributed by atoms with E-state index in [1.54, 1.807) is 4.90 Å². The van der Waals surface area contributed by atoms with Crippen LogP contribution in [0.4, 0.5) is 4.79 Å². The van der Waals surface area contributed by atoms with Crippen LogP contribution in [0.25, 0.3) is 0 Å². The molecule has 0 aliphatic heterocycles. The summed E-state index contributed by atoms with van der Waals surface area (Å²) in [5.41, 5.74) is 0. The summed E-state index contributed by atoms with van der Waals surface area (Å²) in [5, 5.41) is 5.59. The van der Waals surface area contributed by atoms with Crippen LogP contribution in [0.1, 0.15) is 40.5 Å². The van der Waals surface area contributed by atoms with Crippen molar-refractivity contribution in [2.24, 2.45) is 0 Å². The predicted molar refractivity (Wildman–Crippen MR) is 68.8 cm³/mol. The van der Waals surface area contributed by atoms with Gasteiger partial charge < -0.3 is 15.5 Å². The molecule has 0 aromatic heterocycles. The Morgan fingerprint density at radius 1 is 1.18 bits per heavy atom. The number of urea groups is 1. The van der Waals surface area contributed by atoms with Gasteiger partial charge in [-0.25, -0.2) is 4.79 Å². The summed E-state index contributed by atoms with van der Waals surface area (Å²) in [6, 6.07) is 0.0901. The summed E-state index contributed by atoms with van der Waals surface area (Å²) in [6.07, 6.45) is 1.24. The first kappa shape index (κ1) is 15.7. The van der Waals surface area contributed by atoms with Crippen LogP contribution in [0.2, 0.25) is 0 Å². The molecule has 3 amide bonds. The van der Waals surface area contributed by atoms with Crippen LogP contribution in [0.15, 0.2) is 0 Å². The minimum atomic E-state index is -0.105. The molecule has 0 aromatic carbocycles. The molecule has 0 spiro atoms. The van der Waals surface area contributed by atoms with Crippen molar-refractivity contribution in [3.05, 3.63) is 0 Å². The Hall–Kier alpha value is -1.26. The number of carbonyl (C=O) groups excluding carboxylic acids is 2. The van der Waals surface area contributed by atoms with Gasteiger partial charge in [0.2, 0.25) is 5.91 Å². The molecule has 0 bridgehead atoms. The van der Waals surface area contributed by atoms with E-state index < -0.39 is 0 Å². The third kappa shape index (κ3) is 6.81. The van der Waals surface area contributed by atoms with Crippen molar-refractivity contribution >= 4 is 11.9 Å². The molecule has 0 aliphatic rings. The molecule has 17 heavy (non-hydrogen) atoms. The average molecular weight is 243 g/mol. The highest BCUT2D eigenvalue weighted by Gasteiger charge is 2.09. The Labute approximate surface area is 104 Å². The van der Waals surface area contributed by atoms with Crippen LogP contribution in [0, 0.1) is 0 Å². The highest BCUT2D eigenvalue weighted by Crippen LogP contribution is 1.91. The number of hydrogen-bond acceptors (Lipinski definition) is 2. The van der Waals surface area contributed by atoms with Crippen molar-refractivity contribution in [3.8, 4) is 0 Å². The Morgan fingerprint density at radius 2 is 1.76 bits per heavy atom. The van der Waals surface area contributed by atoms with Crippen LogP contribution in [-0.4, -0.2) is 42.5 Å². The highest BCUT2D eigenvalue weighted by atomic mass is 16.2. The number of nitrogens with one attached hydrogen (secondary N) is 2. The van der Waals surface area contributed by atoms with Gasteiger partial charge in [-0.05, 0) is 27.2 Å². The molecule has 0 heterocycles. The quantitative estimate of drug-likeness (QED) is 0.709. The highest BCUT2D eigenvalue weighted by molar-refractivity contribution is 5.78. The molecule has 5 nitrogen and oxygen atoms in total. The van der Waals surface area contributed by atoms with E-state index in [-0.39, 0.29) is 18.0 Å². The summed E-state index contributed by atoms with van der Waals surface area (Å²) >= 11 is 0. The zero-order chi connectivity index (χ0) is 13.3. The summed E-state index contributed by atoms with van der Waals surface area (Å²) in [4.78, 5) is 24.7. The molecule has 0 aliphatic carbocycles. The van der Waals surface area contributed by atoms with E-state index in [4.69, 9.17) is 0 Å².